The average molecular weight is 384 g/mol. The number of benzene rings is 1. The number of rotatable bonds is 4. The molecule has 3 aromatic heterocycles. The summed E-state index contributed by atoms with van der Waals surface area (Å²) in [5.74, 6) is 0.861. The first-order chi connectivity index (χ1) is 14.1. The fraction of sp³-hybridized carbons (Fsp3) is 0.0952. The van der Waals surface area contributed by atoms with E-state index in [1.807, 2.05) is 37.3 Å². The molecule has 0 bridgehead atoms. The second-order valence-electron chi connectivity index (χ2n) is 6.25. The van der Waals surface area contributed by atoms with Gasteiger partial charge in [0.05, 0.1) is 13.3 Å². The Morgan fingerprint density at radius 3 is 2.83 bits per heavy atom. The van der Waals surface area contributed by atoms with E-state index in [1.54, 1.807) is 25.3 Å². The molecule has 0 saturated heterocycles. The van der Waals surface area contributed by atoms with Crippen molar-refractivity contribution in [3.8, 4) is 17.6 Å². The highest BCUT2D eigenvalue weighted by Crippen LogP contribution is 2.29. The van der Waals surface area contributed by atoms with Gasteiger partial charge in [0.1, 0.15) is 28.6 Å². The van der Waals surface area contributed by atoms with Crippen molar-refractivity contribution in [2.45, 2.75) is 6.92 Å². The number of aromatic nitrogens is 4. The summed E-state index contributed by atoms with van der Waals surface area (Å²) in [6.07, 6.45) is 2.91. The van der Waals surface area contributed by atoms with E-state index in [1.165, 1.54) is 17.1 Å². The predicted octanol–water partition coefficient (Wildman–Crippen LogP) is 3.26. The molecule has 142 valence electrons. The van der Waals surface area contributed by atoms with Gasteiger partial charge in [-0.25, -0.2) is 4.98 Å². The lowest BCUT2D eigenvalue weighted by Crippen LogP contribution is -2.17. The number of para-hydroxylation sites is 1. The predicted molar refractivity (Wildman–Crippen MR) is 107 cm³/mol. The van der Waals surface area contributed by atoms with Crippen molar-refractivity contribution in [1.29, 1.82) is 5.26 Å². The van der Waals surface area contributed by atoms with Crippen LogP contribution in [-0.4, -0.2) is 32.8 Å². The Morgan fingerprint density at radius 2 is 2.10 bits per heavy atom. The number of aryl methyl sites for hydroxylation is 1. The van der Waals surface area contributed by atoms with Crippen molar-refractivity contribution in [3.05, 3.63) is 71.7 Å². The van der Waals surface area contributed by atoms with Gasteiger partial charge in [-0.05, 0) is 36.8 Å². The Hall–Kier alpha value is -4.25. The van der Waals surface area contributed by atoms with Crippen molar-refractivity contribution >= 4 is 22.6 Å². The minimum absolute atomic E-state index is 0.217. The molecule has 4 aromatic rings. The van der Waals surface area contributed by atoms with Crippen molar-refractivity contribution < 1.29 is 9.53 Å². The van der Waals surface area contributed by atoms with E-state index in [9.17, 15) is 10.1 Å². The van der Waals surface area contributed by atoms with Gasteiger partial charge in [-0.1, -0.05) is 18.2 Å². The molecule has 1 N–H and O–H groups in total. The van der Waals surface area contributed by atoms with E-state index in [2.05, 4.69) is 20.4 Å². The Balaban J connectivity index is 1.83. The topological polar surface area (TPSA) is 106 Å². The lowest BCUT2D eigenvalue weighted by Gasteiger charge is -2.12. The van der Waals surface area contributed by atoms with Gasteiger partial charge in [0.25, 0.3) is 5.91 Å². The molecule has 8 nitrogen and oxygen atoms in total. The molecule has 0 radical (unpaired) electrons. The maximum absolute atomic E-state index is 12.6. The molecule has 0 aliphatic heterocycles. The first-order valence-corrected chi connectivity index (χ1v) is 8.77. The largest absolute Gasteiger partial charge is 0.494 e. The van der Waals surface area contributed by atoms with Crippen LogP contribution in [0, 0.1) is 18.3 Å². The van der Waals surface area contributed by atoms with Gasteiger partial charge in [-0.3, -0.25) is 9.78 Å². The lowest BCUT2D eigenvalue weighted by molar-refractivity contribution is 0.102. The molecule has 0 atom stereocenters. The van der Waals surface area contributed by atoms with Crippen LogP contribution in [0.2, 0.25) is 0 Å². The molecule has 0 unspecified atom stereocenters. The number of carbonyl (C=O) groups is 1. The smallest absolute Gasteiger partial charge is 0.275 e. The third kappa shape index (κ3) is 3.26. The van der Waals surface area contributed by atoms with E-state index in [-0.39, 0.29) is 17.1 Å². The Kier molecular flexibility index (Phi) is 4.63. The van der Waals surface area contributed by atoms with E-state index < -0.39 is 5.91 Å². The second-order valence-corrected chi connectivity index (χ2v) is 6.25. The van der Waals surface area contributed by atoms with Crippen LogP contribution >= 0.6 is 0 Å². The molecule has 0 spiro atoms. The van der Waals surface area contributed by atoms with Crippen molar-refractivity contribution in [3.63, 3.8) is 0 Å². The van der Waals surface area contributed by atoms with E-state index in [0.29, 0.717) is 17.1 Å². The molecule has 0 aliphatic rings. The molecular formula is C21H16N6O2. The number of hydrogen-bond acceptors (Lipinski definition) is 6. The van der Waals surface area contributed by atoms with E-state index in [4.69, 9.17) is 4.74 Å². The number of fused-ring (bicyclic) bond motifs is 1. The van der Waals surface area contributed by atoms with Gasteiger partial charge < -0.3 is 10.1 Å². The number of nitrogens with one attached hydrogen (secondary N) is 1. The molecule has 1 aromatic carbocycles. The SMILES string of the molecule is COc1cccc2c(C)cc(-n3ncc(C#N)c3NC(=O)c3ccccn3)nc12. The average Bonchev–Trinajstić information content (AvgIpc) is 3.16. The monoisotopic (exact) mass is 384 g/mol. The molecule has 29 heavy (non-hydrogen) atoms. The fourth-order valence-electron chi connectivity index (χ4n) is 3.04. The zero-order valence-electron chi connectivity index (χ0n) is 15.7. The van der Waals surface area contributed by atoms with Crippen LogP contribution in [0.1, 0.15) is 21.6 Å². The number of amides is 1. The van der Waals surface area contributed by atoms with Crippen molar-refractivity contribution in [2.24, 2.45) is 0 Å². The third-order valence-corrected chi connectivity index (χ3v) is 4.45. The minimum Gasteiger partial charge on any atom is -0.494 e. The number of methoxy groups -OCH3 is 1. The van der Waals surface area contributed by atoms with Crippen LogP contribution in [0.15, 0.2) is 54.9 Å². The van der Waals surface area contributed by atoms with Crippen LogP contribution in [0.25, 0.3) is 16.7 Å². The highest BCUT2D eigenvalue weighted by atomic mass is 16.5. The molecule has 0 aliphatic carbocycles. The summed E-state index contributed by atoms with van der Waals surface area (Å²) in [5, 5.41) is 17.4. The van der Waals surface area contributed by atoms with Gasteiger partial charge in [0.15, 0.2) is 11.6 Å². The summed E-state index contributed by atoms with van der Waals surface area (Å²) in [7, 11) is 1.58. The number of nitrogens with zero attached hydrogens (tertiary/aromatic N) is 5. The molecule has 0 saturated carbocycles. The van der Waals surface area contributed by atoms with Gasteiger partial charge in [0.2, 0.25) is 0 Å². The van der Waals surface area contributed by atoms with Gasteiger partial charge >= 0.3 is 0 Å². The first-order valence-electron chi connectivity index (χ1n) is 8.77. The Morgan fingerprint density at radius 1 is 1.24 bits per heavy atom. The van der Waals surface area contributed by atoms with E-state index >= 15 is 0 Å². The van der Waals surface area contributed by atoms with Crippen LogP contribution < -0.4 is 10.1 Å². The maximum Gasteiger partial charge on any atom is 0.275 e. The van der Waals surface area contributed by atoms with Gasteiger partial charge in [0, 0.05) is 11.6 Å². The fourth-order valence-corrected chi connectivity index (χ4v) is 3.04. The number of carbonyl (C=O) groups excluding carboxylic acids is 1. The molecule has 1 amide bonds. The number of pyridine rings is 2. The van der Waals surface area contributed by atoms with Gasteiger partial charge in [-0.15, -0.1) is 0 Å². The van der Waals surface area contributed by atoms with Crippen LogP contribution in [0.5, 0.6) is 5.75 Å². The summed E-state index contributed by atoms with van der Waals surface area (Å²) < 4.78 is 6.86. The summed E-state index contributed by atoms with van der Waals surface area (Å²) in [4.78, 5) is 21.3. The Bertz CT molecular complexity index is 1260. The normalized spacial score (nSPS) is 10.5. The zero-order chi connectivity index (χ0) is 20.4. The molecular weight excluding hydrogens is 368 g/mol. The first kappa shape index (κ1) is 18.1. The quantitative estimate of drug-likeness (QED) is 0.579. The zero-order valence-corrected chi connectivity index (χ0v) is 15.7. The van der Waals surface area contributed by atoms with Crippen molar-refractivity contribution in [1.82, 2.24) is 19.7 Å². The van der Waals surface area contributed by atoms with Crippen LogP contribution in [0.3, 0.4) is 0 Å². The Labute approximate surface area is 166 Å². The van der Waals surface area contributed by atoms with Crippen LogP contribution in [0.4, 0.5) is 5.82 Å². The number of anilines is 1. The summed E-state index contributed by atoms with van der Waals surface area (Å²) in [6, 6.07) is 14.6. The summed E-state index contributed by atoms with van der Waals surface area (Å²) in [5.41, 5.74) is 2.07. The number of ether oxygens (including phenoxy) is 1. The maximum atomic E-state index is 12.6. The summed E-state index contributed by atoms with van der Waals surface area (Å²) in [6.45, 7) is 1.95. The highest BCUT2D eigenvalue weighted by Gasteiger charge is 2.19. The van der Waals surface area contributed by atoms with Crippen LogP contribution in [-0.2, 0) is 0 Å². The molecule has 3 heterocycles. The minimum atomic E-state index is -0.445. The highest BCUT2D eigenvalue weighted by molar-refractivity contribution is 6.03. The van der Waals surface area contributed by atoms with Crippen molar-refractivity contribution in [2.75, 3.05) is 12.4 Å². The van der Waals surface area contributed by atoms with Gasteiger partial charge in [-0.2, -0.15) is 15.0 Å². The standard InChI is InChI=1S/C21H16N6O2/c1-13-10-18(25-19-15(13)6-5-8-17(19)29-2)27-20(14(11-22)12-24-27)26-21(28)16-7-3-4-9-23-16/h3-10,12H,1-2H3,(H,26,28). The number of nitriles is 1. The lowest BCUT2D eigenvalue weighted by atomic mass is 10.1. The molecule has 0 fully saturated rings. The number of hydrogen-bond donors (Lipinski definition) is 1. The summed E-state index contributed by atoms with van der Waals surface area (Å²) >= 11 is 0. The molecule has 4 rings (SSSR count). The second kappa shape index (κ2) is 7.40. The molecule has 8 heteroatoms. The third-order valence-electron chi connectivity index (χ3n) is 4.45. The van der Waals surface area contributed by atoms with E-state index in [0.717, 1.165) is 10.9 Å².